The lowest BCUT2D eigenvalue weighted by atomic mass is 9.70. The third-order valence-corrected chi connectivity index (χ3v) is 12.9. The van der Waals surface area contributed by atoms with Crippen molar-refractivity contribution in [3.05, 3.63) is 227 Å². The minimum Gasteiger partial charge on any atom is -0.0885 e. The normalized spacial score (nSPS) is 20.8. The van der Waals surface area contributed by atoms with Crippen molar-refractivity contribution in [3.8, 4) is 11.1 Å². The van der Waals surface area contributed by atoms with Gasteiger partial charge in [0.15, 0.2) is 0 Å². The molecule has 0 heterocycles. The van der Waals surface area contributed by atoms with Gasteiger partial charge < -0.3 is 0 Å². The molecule has 8 rings (SSSR count). The van der Waals surface area contributed by atoms with E-state index < -0.39 is 0 Å². The largest absolute Gasteiger partial charge is 0.0885 e. The van der Waals surface area contributed by atoms with E-state index in [0.717, 1.165) is 25.7 Å². The lowest BCUT2D eigenvalue weighted by Crippen LogP contribution is -2.22. The van der Waals surface area contributed by atoms with Gasteiger partial charge in [-0.15, -0.1) is 0 Å². The van der Waals surface area contributed by atoms with Crippen molar-refractivity contribution >= 4 is 0 Å². The van der Waals surface area contributed by atoms with Gasteiger partial charge in [-0.3, -0.25) is 0 Å². The highest BCUT2D eigenvalue weighted by molar-refractivity contribution is 5.63. The van der Waals surface area contributed by atoms with Crippen molar-refractivity contribution < 1.29 is 0 Å². The Hall–Kier alpha value is -5.20. The second-order valence-corrected chi connectivity index (χ2v) is 17.0. The van der Waals surface area contributed by atoms with Gasteiger partial charge in [0, 0.05) is 17.3 Å². The van der Waals surface area contributed by atoms with Crippen molar-refractivity contribution in [2.75, 3.05) is 0 Å². The van der Waals surface area contributed by atoms with E-state index in [4.69, 9.17) is 0 Å². The summed E-state index contributed by atoms with van der Waals surface area (Å²) < 4.78 is 0. The van der Waals surface area contributed by atoms with Crippen molar-refractivity contribution in [2.45, 2.75) is 110 Å². The van der Waals surface area contributed by atoms with E-state index in [1.165, 1.54) is 68.5 Å². The van der Waals surface area contributed by atoms with Crippen LogP contribution in [0.25, 0.3) is 11.1 Å². The summed E-state index contributed by atoms with van der Waals surface area (Å²) in [5.41, 5.74) is 14.4. The van der Waals surface area contributed by atoms with Gasteiger partial charge in [-0.05, 0) is 107 Å². The van der Waals surface area contributed by atoms with E-state index in [1.807, 2.05) is 13.8 Å². The van der Waals surface area contributed by atoms with Crippen molar-refractivity contribution in [1.29, 1.82) is 0 Å². The van der Waals surface area contributed by atoms with E-state index in [0.29, 0.717) is 23.2 Å². The molecule has 0 aromatic heterocycles. The Kier molecular flexibility index (Phi) is 14.6. The number of fused-ring (bicyclic) bond motifs is 1. The fourth-order valence-electron chi connectivity index (χ4n) is 9.01. The van der Waals surface area contributed by atoms with Crippen LogP contribution in [0.1, 0.15) is 131 Å². The SMILES string of the molecule is CC.CCC(c1ccc(-c2ccccc2)cc1)c1ccc(C2(C)CC=CCC2)cc1.Cc1ccc(C(C)CC(C2=CCC3(C)C=CC=CC3=C2)c2ccccc2)cc1. The lowest BCUT2D eigenvalue weighted by molar-refractivity contribution is 0.428. The maximum atomic E-state index is 2.48. The van der Waals surface area contributed by atoms with Crippen molar-refractivity contribution in [3.63, 3.8) is 0 Å². The van der Waals surface area contributed by atoms with Crippen LogP contribution in [0.4, 0.5) is 0 Å². The fraction of sp³-hybridized carbons (Fsp3) is 0.310. The number of allylic oxidation sites excluding steroid dienone is 10. The van der Waals surface area contributed by atoms with E-state index in [9.17, 15) is 0 Å². The van der Waals surface area contributed by atoms with Gasteiger partial charge in [0.2, 0.25) is 0 Å². The smallest absolute Gasteiger partial charge is 0.0141 e. The van der Waals surface area contributed by atoms with Crippen LogP contribution in [0.2, 0.25) is 0 Å². The Bertz CT molecular complexity index is 2170. The molecule has 0 saturated heterocycles. The minimum atomic E-state index is 0.155. The molecule has 3 aliphatic rings. The van der Waals surface area contributed by atoms with Crippen LogP contribution < -0.4 is 0 Å². The highest BCUT2D eigenvalue weighted by Gasteiger charge is 2.31. The Morgan fingerprint density at radius 3 is 1.81 bits per heavy atom. The molecule has 3 aliphatic carbocycles. The summed E-state index contributed by atoms with van der Waals surface area (Å²) in [4.78, 5) is 0. The lowest BCUT2D eigenvalue weighted by Gasteiger charge is -2.34. The first-order chi connectivity index (χ1) is 28.2. The van der Waals surface area contributed by atoms with Crippen LogP contribution in [0.15, 0.2) is 193 Å². The second kappa shape index (κ2) is 20.0. The molecule has 0 heteroatoms. The summed E-state index contributed by atoms with van der Waals surface area (Å²) in [5.74, 6) is 1.40. The number of aryl methyl sites for hydroxylation is 1. The molecule has 5 unspecified atom stereocenters. The molecule has 0 amide bonds. The van der Waals surface area contributed by atoms with Gasteiger partial charge in [-0.25, -0.2) is 0 Å². The predicted molar refractivity (Wildman–Crippen MR) is 253 cm³/mol. The zero-order chi connectivity index (χ0) is 41.0. The molecule has 0 nitrogen and oxygen atoms in total. The monoisotopic (exact) mass is 763 g/mol. The highest BCUT2D eigenvalue weighted by atomic mass is 14.3. The maximum Gasteiger partial charge on any atom is 0.0141 e. The molecule has 0 saturated carbocycles. The minimum absolute atomic E-state index is 0.155. The fourth-order valence-corrected chi connectivity index (χ4v) is 9.01. The topological polar surface area (TPSA) is 0 Å². The van der Waals surface area contributed by atoms with Crippen LogP contribution in [0.3, 0.4) is 0 Å². The number of benzene rings is 5. The summed E-state index contributed by atoms with van der Waals surface area (Å²) in [7, 11) is 0. The molecule has 0 fully saturated rings. The maximum absolute atomic E-state index is 2.48. The van der Waals surface area contributed by atoms with E-state index in [-0.39, 0.29) is 5.41 Å². The molecular weight excluding hydrogens is 697 g/mol. The third-order valence-electron chi connectivity index (χ3n) is 12.9. The Morgan fingerprint density at radius 2 is 1.19 bits per heavy atom. The Balaban J connectivity index is 0.000000188. The average molecular weight is 763 g/mol. The molecule has 5 aromatic carbocycles. The Labute approximate surface area is 351 Å². The van der Waals surface area contributed by atoms with Crippen LogP contribution in [-0.4, -0.2) is 0 Å². The highest BCUT2D eigenvalue weighted by Crippen LogP contribution is 2.45. The first kappa shape index (κ1) is 42.4. The van der Waals surface area contributed by atoms with Crippen molar-refractivity contribution in [2.24, 2.45) is 5.41 Å². The Morgan fingerprint density at radius 1 is 0.603 bits per heavy atom. The second-order valence-electron chi connectivity index (χ2n) is 17.0. The molecular formula is C58H66. The molecule has 5 aromatic rings. The first-order valence-corrected chi connectivity index (χ1v) is 22.1. The molecule has 0 aliphatic heterocycles. The third kappa shape index (κ3) is 10.3. The summed E-state index contributed by atoms with van der Waals surface area (Å²) in [6, 6.07) is 49.3. The van der Waals surface area contributed by atoms with Gasteiger partial charge in [-0.1, -0.05) is 229 Å². The van der Waals surface area contributed by atoms with E-state index in [1.54, 1.807) is 0 Å². The molecule has 0 spiro atoms. The summed E-state index contributed by atoms with van der Waals surface area (Å²) >= 11 is 0. The molecule has 5 atom stereocenters. The van der Waals surface area contributed by atoms with E-state index >= 15 is 0 Å². The van der Waals surface area contributed by atoms with Gasteiger partial charge in [0.1, 0.15) is 0 Å². The molecule has 0 N–H and O–H groups in total. The predicted octanol–water partition coefficient (Wildman–Crippen LogP) is 16.6. The standard InChI is InChI=1S/2C28H30.C2H6/c1-21-12-14-23(15-13-21)22(2)19-27(24-9-5-4-6-10-24)25-16-18-28(3)17-8-7-11-26(28)20-25;1-3-27(24-14-12-23(13-15-24)22-10-6-4-7-11-22)25-16-18-26(19-17-25)28(2)20-8-5-9-21-28;1-2/h4-17,20,22,27H,18-19H2,1-3H3;4-8,10-19,27H,3,9,20-21H2,1-2H3;1-2H3. The molecule has 58 heavy (non-hydrogen) atoms. The van der Waals surface area contributed by atoms with Gasteiger partial charge >= 0.3 is 0 Å². The zero-order valence-corrected chi connectivity index (χ0v) is 36.3. The van der Waals surface area contributed by atoms with Crippen LogP contribution in [0.5, 0.6) is 0 Å². The van der Waals surface area contributed by atoms with E-state index in [2.05, 4.69) is 217 Å². The van der Waals surface area contributed by atoms with Crippen LogP contribution in [-0.2, 0) is 5.41 Å². The van der Waals surface area contributed by atoms with Crippen LogP contribution in [0, 0.1) is 12.3 Å². The number of hydrogen-bond donors (Lipinski definition) is 0. The quantitative estimate of drug-likeness (QED) is 0.124. The summed E-state index contributed by atoms with van der Waals surface area (Å²) in [5, 5.41) is 0. The average Bonchev–Trinajstić information content (AvgIpc) is 3.28. The number of rotatable bonds is 10. The summed E-state index contributed by atoms with van der Waals surface area (Å²) in [6.45, 7) is 15.6. The van der Waals surface area contributed by atoms with Gasteiger partial charge in [-0.2, -0.15) is 0 Å². The van der Waals surface area contributed by atoms with Crippen LogP contribution >= 0.6 is 0 Å². The summed E-state index contributed by atoms with van der Waals surface area (Å²) in [6.07, 6.45) is 25.5. The first-order valence-electron chi connectivity index (χ1n) is 22.1. The number of hydrogen-bond acceptors (Lipinski definition) is 0. The molecule has 298 valence electrons. The molecule has 0 bridgehead atoms. The van der Waals surface area contributed by atoms with Gasteiger partial charge in [0.25, 0.3) is 0 Å². The van der Waals surface area contributed by atoms with Gasteiger partial charge in [0.05, 0.1) is 0 Å². The van der Waals surface area contributed by atoms with Crippen molar-refractivity contribution in [1.82, 2.24) is 0 Å². The molecule has 0 radical (unpaired) electrons. The zero-order valence-electron chi connectivity index (χ0n) is 36.3.